The van der Waals surface area contributed by atoms with Crippen LogP contribution < -0.4 is 9.59 Å². The van der Waals surface area contributed by atoms with Gasteiger partial charge in [0.25, 0.3) is 6.09 Å². The van der Waals surface area contributed by atoms with Crippen LogP contribution in [0.1, 0.15) is 5.69 Å². The predicted molar refractivity (Wildman–Crippen MR) is 67.3 cm³/mol. The molecule has 0 radical (unpaired) electrons. The van der Waals surface area contributed by atoms with E-state index in [1.54, 1.807) is 24.8 Å². The van der Waals surface area contributed by atoms with Crippen LogP contribution in [0.25, 0.3) is 5.69 Å². The quantitative estimate of drug-likeness (QED) is 0.744. The van der Waals surface area contributed by atoms with Crippen LogP contribution in [0.2, 0.25) is 0 Å². The van der Waals surface area contributed by atoms with Crippen LogP contribution in [-0.2, 0) is 0 Å². The first-order valence-electron chi connectivity index (χ1n) is 5.61. The molecule has 5 nitrogen and oxygen atoms in total. The monoisotopic (exact) mass is 245 g/mol. The Balaban J connectivity index is 2.61. The van der Waals surface area contributed by atoms with Gasteiger partial charge in [-0.1, -0.05) is 18.2 Å². The molecule has 0 N–H and O–H groups in total. The molecule has 0 aliphatic rings. The van der Waals surface area contributed by atoms with Gasteiger partial charge in [0.15, 0.2) is 0 Å². The van der Waals surface area contributed by atoms with E-state index in [0.717, 1.165) is 11.4 Å². The van der Waals surface area contributed by atoms with Crippen molar-refractivity contribution in [1.82, 2.24) is 14.3 Å². The molecular formula is C13H15N3O2. The minimum absolute atomic E-state index is 0.379. The van der Waals surface area contributed by atoms with Crippen molar-refractivity contribution in [3.63, 3.8) is 0 Å². The Bertz CT molecular complexity index is 573. The Labute approximate surface area is 105 Å². The summed E-state index contributed by atoms with van der Waals surface area (Å²) in [6.45, 7) is 1.83. The molecule has 1 aromatic carbocycles. The summed E-state index contributed by atoms with van der Waals surface area (Å²) in [4.78, 5) is 11.2. The van der Waals surface area contributed by atoms with Gasteiger partial charge in [-0.25, -0.2) is 4.48 Å². The second-order valence-corrected chi connectivity index (χ2v) is 4.61. The van der Waals surface area contributed by atoms with Gasteiger partial charge in [-0.2, -0.15) is 9.78 Å². The second kappa shape index (κ2) is 4.27. The molecule has 0 saturated heterocycles. The topological polar surface area (TPSA) is 57.9 Å². The zero-order valence-corrected chi connectivity index (χ0v) is 10.6. The summed E-state index contributed by atoms with van der Waals surface area (Å²) >= 11 is 0. The second-order valence-electron chi connectivity index (χ2n) is 4.61. The van der Waals surface area contributed by atoms with Gasteiger partial charge in [-0.15, -0.1) is 0 Å². The number of quaternary nitrogens is 1. The summed E-state index contributed by atoms with van der Waals surface area (Å²) < 4.78 is 1.25. The number of carbonyl (C=O) groups is 1. The standard InChI is InChI=1S/C13H15N3O2/c1-10-9-12(16(2,3)13(17)18)15(14-10)11-7-5-4-6-8-11/h4-9H,1-3H3. The number of rotatable bonds is 2. The van der Waals surface area contributed by atoms with Crippen molar-refractivity contribution in [2.24, 2.45) is 0 Å². The molecular weight excluding hydrogens is 230 g/mol. The molecule has 0 saturated carbocycles. The lowest BCUT2D eigenvalue weighted by Gasteiger charge is -2.28. The Kier molecular flexibility index (Phi) is 2.92. The van der Waals surface area contributed by atoms with Gasteiger partial charge < -0.3 is 9.90 Å². The molecule has 18 heavy (non-hydrogen) atoms. The third kappa shape index (κ3) is 2.00. The Hall–Kier alpha value is -2.14. The fourth-order valence-corrected chi connectivity index (χ4v) is 1.74. The number of carbonyl (C=O) groups excluding carboxylic acids is 1. The zero-order chi connectivity index (χ0) is 13.3. The Morgan fingerprint density at radius 3 is 2.44 bits per heavy atom. The van der Waals surface area contributed by atoms with Crippen molar-refractivity contribution in [2.45, 2.75) is 6.92 Å². The van der Waals surface area contributed by atoms with Gasteiger partial charge in [-0.3, -0.25) is 0 Å². The molecule has 0 bridgehead atoms. The number of carboxylic acid groups (broad SMARTS) is 1. The number of para-hydroxylation sites is 1. The van der Waals surface area contributed by atoms with Crippen LogP contribution in [-0.4, -0.2) is 30.0 Å². The molecule has 0 aliphatic carbocycles. The molecule has 2 rings (SSSR count). The Morgan fingerprint density at radius 2 is 1.89 bits per heavy atom. The third-order valence-electron chi connectivity index (χ3n) is 2.84. The van der Waals surface area contributed by atoms with E-state index in [1.807, 2.05) is 37.3 Å². The highest BCUT2D eigenvalue weighted by molar-refractivity contribution is 5.77. The van der Waals surface area contributed by atoms with Crippen LogP contribution in [0.4, 0.5) is 10.6 Å². The average Bonchev–Trinajstić information content (AvgIpc) is 2.73. The number of nitrogens with zero attached hydrogens (tertiary/aromatic N) is 3. The van der Waals surface area contributed by atoms with Crippen molar-refractivity contribution in [1.29, 1.82) is 0 Å². The first-order valence-corrected chi connectivity index (χ1v) is 5.61. The minimum Gasteiger partial charge on any atom is -0.498 e. The lowest BCUT2D eigenvalue weighted by atomic mass is 10.3. The largest absolute Gasteiger partial charge is 0.498 e. The maximum Gasteiger partial charge on any atom is 0.263 e. The van der Waals surface area contributed by atoms with Gasteiger partial charge in [-0.05, 0) is 19.1 Å². The molecule has 0 atom stereocenters. The molecule has 0 aliphatic heterocycles. The normalized spacial score (nSPS) is 11.5. The molecule has 0 fully saturated rings. The molecule has 1 amide bonds. The van der Waals surface area contributed by atoms with E-state index in [2.05, 4.69) is 5.10 Å². The van der Waals surface area contributed by atoms with Gasteiger partial charge in [0.1, 0.15) is 0 Å². The fraction of sp³-hybridized carbons (Fsp3) is 0.231. The zero-order valence-electron chi connectivity index (χ0n) is 10.6. The van der Waals surface area contributed by atoms with E-state index < -0.39 is 6.09 Å². The SMILES string of the molecule is Cc1cc([N+](C)(C)C(=O)[O-])n(-c2ccccc2)n1. The molecule has 1 aromatic heterocycles. The lowest BCUT2D eigenvalue weighted by Crippen LogP contribution is -2.55. The first-order chi connectivity index (χ1) is 8.43. The molecule has 94 valence electrons. The van der Waals surface area contributed by atoms with E-state index >= 15 is 0 Å². The summed E-state index contributed by atoms with van der Waals surface area (Å²) in [6.07, 6.45) is -1.17. The van der Waals surface area contributed by atoms with Crippen LogP contribution in [0, 0.1) is 6.92 Å². The number of hydrogen-bond donors (Lipinski definition) is 0. The van der Waals surface area contributed by atoms with Crippen molar-refractivity contribution in [2.75, 3.05) is 14.1 Å². The highest BCUT2D eigenvalue weighted by Crippen LogP contribution is 2.23. The number of hydrogen-bond acceptors (Lipinski definition) is 3. The van der Waals surface area contributed by atoms with E-state index in [4.69, 9.17) is 0 Å². The first kappa shape index (κ1) is 12.3. The number of amides is 1. The van der Waals surface area contributed by atoms with Crippen molar-refractivity contribution in [3.05, 3.63) is 42.1 Å². The highest BCUT2D eigenvalue weighted by atomic mass is 16.4. The van der Waals surface area contributed by atoms with Crippen molar-refractivity contribution in [3.8, 4) is 5.69 Å². The Morgan fingerprint density at radius 1 is 1.28 bits per heavy atom. The number of aromatic nitrogens is 2. The highest BCUT2D eigenvalue weighted by Gasteiger charge is 2.27. The van der Waals surface area contributed by atoms with E-state index in [1.165, 1.54) is 0 Å². The van der Waals surface area contributed by atoms with Gasteiger partial charge >= 0.3 is 0 Å². The molecule has 1 heterocycles. The fourth-order valence-electron chi connectivity index (χ4n) is 1.74. The van der Waals surface area contributed by atoms with Gasteiger partial charge in [0.2, 0.25) is 5.82 Å². The smallest absolute Gasteiger partial charge is 0.263 e. The molecule has 0 unspecified atom stereocenters. The maximum atomic E-state index is 11.2. The number of benzene rings is 1. The number of aryl methyl sites for hydroxylation is 1. The van der Waals surface area contributed by atoms with Crippen molar-refractivity contribution < 1.29 is 9.90 Å². The average molecular weight is 245 g/mol. The van der Waals surface area contributed by atoms with Gasteiger partial charge in [0, 0.05) is 6.07 Å². The molecule has 0 spiro atoms. The summed E-state index contributed by atoms with van der Waals surface area (Å²) in [5.74, 6) is 0.554. The van der Waals surface area contributed by atoms with E-state index in [0.29, 0.717) is 5.82 Å². The summed E-state index contributed by atoms with van der Waals surface area (Å²) in [7, 11) is 3.12. The van der Waals surface area contributed by atoms with Crippen LogP contribution in [0.3, 0.4) is 0 Å². The van der Waals surface area contributed by atoms with Crippen LogP contribution in [0.15, 0.2) is 36.4 Å². The van der Waals surface area contributed by atoms with E-state index in [-0.39, 0.29) is 4.48 Å². The van der Waals surface area contributed by atoms with Crippen LogP contribution in [0.5, 0.6) is 0 Å². The van der Waals surface area contributed by atoms with Crippen LogP contribution >= 0.6 is 0 Å². The lowest BCUT2D eigenvalue weighted by molar-refractivity contribution is -0.261. The maximum absolute atomic E-state index is 11.2. The van der Waals surface area contributed by atoms with E-state index in [9.17, 15) is 9.90 Å². The minimum atomic E-state index is -1.17. The summed E-state index contributed by atoms with van der Waals surface area (Å²) in [5, 5.41) is 15.6. The molecule has 2 aromatic rings. The van der Waals surface area contributed by atoms with Gasteiger partial charge in [0.05, 0.1) is 25.5 Å². The summed E-state index contributed by atoms with van der Waals surface area (Å²) in [6, 6.07) is 11.2. The summed E-state index contributed by atoms with van der Waals surface area (Å²) in [5.41, 5.74) is 1.59. The molecule has 5 heteroatoms. The van der Waals surface area contributed by atoms with Crippen molar-refractivity contribution >= 4 is 11.9 Å². The predicted octanol–water partition coefficient (Wildman–Crippen LogP) is 1.09. The third-order valence-corrected chi connectivity index (χ3v) is 2.84.